The number of halogens is 1. The van der Waals surface area contributed by atoms with Crippen LogP contribution in [-0.2, 0) is 0 Å². The molecule has 3 heteroatoms. The second kappa shape index (κ2) is 5.78. The minimum absolute atomic E-state index is 0. The molecule has 18 heavy (non-hydrogen) atoms. The molecule has 94 valence electrons. The second-order valence-electron chi connectivity index (χ2n) is 4.37. The van der Waals surface area contributed by atoms with Gasteiger partial charge in [-0.15, -0.1) is 12.4 Å². The lowest BCUT2D eigenvalue weighted by atomic mass is 10.0. The van der Waals surface area contributed by atoms with Crippen LogP contribution in [0.15, 0.2) is 54.6 Å². The van der Waals surface area contributed by atoms with E-state index < -0.39 is 0 Å². The van der Waals surface area contributed by atoms with Crippen LogP contribution in [0.2, 0.25) is 0 Å². The van der Waals surface area contributed by atoms with Crippen LogP contribution in [0, 0.1) is 0 Å². The van der Waals surface area contributed by atoms with Crippen molar-refractivity contribution in [1.82, 2.24) is 0 Å². The molecule has 0 fully saturated rings. The van der Waals surface area contributed by atoms with Gasteiger partial charge in [0.05, 0.1) is 17.4 Å². The maximum absolute atomic E-state index is 3.61. The van der Waals surface area contributed by atoms with E-state index in [1.165, 1.54) is 16.9 Å². The topological polar surface area (TPSA) is 24.1 Å². The van der Waals surface area contributed by atoms with Crippen LogP contribution in [0.25, 0.3) is 0 Å². The maximum atomic E-state index is 3.61. The Balaban J connectivity index is 0.00000120. The van der Waals surface area contributed by atoms with Crippen LogP contribution in [0.3, 0.4) is 0 Å². The molecule has 2 aromatic rings. The molecule has 1 aliphatic heterocycles. The molecule has 0 radical (unpaired) electrons. The highest BCUT2D eigenvalue weighted by atomic mass is 35.5. The largest absolute Gasteiger partial charge is 0.383 e. The summed E-state index contributed by atoms with van der Waals surface area (Å²) >= 11 is 0. The molecule has 3 rings (SSSR count). The summed E-state index contributed by atoms with van der Waals surface area (Å²) in [5.74, 6) is 0. The van der Waals surface area contributed by atoms with Gasteiger partial charge in [0.25, 0.3) is 0 Å². The van der Waals surface area contributed by atoms with Crippen LogP contribution in [0.4, 0.5) is 11.4 Å². The Morgan fingerprint density at radius 3 is 2.28 bits per heavy atom. The zero-order valence-electron chi connectivity index (χ0n) is 10.1. The van der Waals surface area contributed by atoms with E-state index in [0.717, 1.165) is 13.0 Å². The van der Waals surface area contributed by atoms with Gasteiger partial charge in [0.2, 0.25) is 0 Å². The highest BCUT2D eigenvalue weighted by molar-refractivity contribution is 5.85. The molecule has 0 amide bonds. The fourth-order valence-corrected chi connectivity index (χ4v) is 2.31. The lowest BCUT2D eigenvalue weighted by molar-refractivity contribution is 0.731. The predicted octanol–water partition coefficient (Wildman–Crippen LogP) is 4.08. The smallest absolute Gasteiger partial charge is 0.0580 e. The maximum Gasteiger partial charge on any atom is 0.0580 e. The predicted molar refractivity (Wildman–Crippen MR) is 79.6 cm³/mol. The lowest BCUT2D eigenvalue weighted by Crippen LogP contribution is -2.10. The minimum Gasteiger partial charge on any atom is -0.383 e. The molecule has 2 aromatic carbocycles. The van der Waals surface area contributed by atoms with Gasteiger partial charge < -0.3 is 10.6 Å². The Hall–Kier alpha value is -1.67. The summed E-state index contributed by atoms with van der Waals surface area (Å²) in [6.45, 7) is 1.00. The van der Waals surface area contributed by atoms with Gasteiger partial charge in [-0.25, -0.2) is 0 Å². The van der Waals surface area contributed by atoms with Crippen molar-refractivity contribution >= 4 is 23.8 Å². The van der Waals surface area contributed by atoms with Crippen LogP contribution < -0.4 is 10.6 Å². The first kappa shape index (κ1) is 12.8. The van der Waals surface area contributed by atoms with Gasteiger partial charge in [-0.2, -0.15) is 0 Å². The van der Waals surface area contributed by atoms with Crippen molar-refractivity contribution in [1.29, 1.82) is 0 Å². The molecule has 0 aliphatic carbocycles. The number of anilines is 2. The molecule has 0 bridgehead atoms. The van der Waals surface area contributed by atoms with E-state index in [0.29, 0.717) is 6.04 Å². The fourth-order valence-electron chi connectivity index (χ4n) is 2.31. The van der Waals surface area contributed by atoms with Crippen LogP contribution >= 0.6 is 12.4 Å². The average Bonchev–Trinajstić information content (AvgIpc) is 2.62. The Labute approximate surface area is 114 Å². The molecular formula is C15H17ClN2. The molecule has 1 unspecified atom stereocenters. The van der Waals surface area contributed by atoms with Crippen molar-refractivity contribution in [3.05, 3.63) is 60.2 Å². The molecular weight excluding hydrogens is 244 g/mol. The van der Waals surface area contributed by atoms with E-state index in [1.807, 2.05) is 0 Å². The Morgan fingerprint density at radius 1 is 0.833 bits per heavy atom. The molecule has 1 atom stereocenters. The summed E-state index contributed by atoms with van der Waals surface area (Å²) in [6.07, 6.45) is 1.10. The van der Waals surface area contributed by atoms with E-state index in [-0.39, 0.29) is 12.4 Å². The molecule has 2 nitrogen and oxygen atoms in total. The molecule has 0 spiro atoms. The summed E-state index contributed by atoms with van der Waals surface area (Å²) in [4.78, 5) is 0. The van der Waals surface area contributed by atoms with E-state index in [9.17, 15) is 0 Å². The van der Waals surface area contributed by atoms with E-state index in [2.05, 4.69) is 65.2 Å². The first-order valence-electron chi connectivity index (χ1n) is 6.08. The van der Waals surface area contributed by atoms with Crippen molar-refractivity contribution in [3.63, 3.8) is 0 Å². The second-order valence-corrected chi connectivity index (χ2v) is 4.37. The van der Waals surface area contributed by atoms with Gasteiger partial charge in [-0.05, 0) is 24.1 Å². The van der Waals surface area contributed by atoms with Gasteiger partial charge in [0.1, 0.15) is 0 Å². The zero-order chi connectivity index (χ0) is 11.5. The summed E-state index contributed by atoms with van der Waals surface area (Å²) in [6, 6.07) is 19.4. The SMILES string of the molecule is Cl.c1ccc(C2CCNc3ccccc3N2)cc1. The molecule has 1 aliphatic rings. The molecule has 1 heterocycles. The molecule has 2 N–H and O–H groups in total. The third kappa shape index (κ3) is 2.59. The van der Waals surface area contributed by atoms with E-state index in [1.54, 1.807) is 0 Å². The van der Waals surface area contributed by atoms with Gasteiger partial charge in [0, 0.05) is 6.54 Å². The van der Waals surface area contributed by atoms with Gasteiger partial charge in [-0.1, -0.05) is 42.5 Å². The summed E-state index contributed by atoms with van der Waals surface area (Å²) in [7, 11) is 0. The third-order valence-electron chi connectivity index (χ3n) is 3.21. The Morgan fingerprint density at radius 2 is 1.50 bits per heavy atom. The van der Waals surface area contributed by atoms with Crippen molar-refractivity contribution in [2.24, 2.45) is 0 Å². The molecule has 0 aromatic heterocycles. The number of para-hydroxylation sites is 2. The number of fused-ring (bicyclic) bond motifs is 1. The average molecular weight is 261 g/mol. The monoisotopic (exact) mass is 260 g/mol. The summed E-state index contributed by atoms with van der Waals surface area (Å²) in [5, 5.41) is 7.08. The van der Waals surface area contributed by atoms with Crippen molar-refractivity contribution < 1.29 is 0 Å². The van der Waals surface area contributed by atoms with E-state index >= 15 is 0 Å². The normalized spacial score (nSPS) is 17.4. The Kier molecular flexibility index (Phi) is 4.11. The van der Waals surface area contributed by atoms with Gasteiger partial charge >= 0.3 is 0 Å². The third-order valence-corrected chi connectivity index (χ3v) is 3.21. The quantitative estimate of drug-likeness (QED) is 0.807. The molecule has 0 saturated carbocycles. The van der Waals surface area contributed by atoms with Crippen LogP contribution in [-0.4, -0.2) is 6.54 Å². The Bertz CT molecular complexity index is 499. The number of nitrogens with one attached hydrogen (secondary N) is 2. The van der Waals surface area contributed by atoms with Crippen molar-refractivity contribution in [2.45, 2.75) is 12.5 Å². The van der Waals surface area contributed by atoms with Crippen molar-refractivity contribution in [3.8, 4) is 0 Å². The zero-order valence-corrected chi connectivity index (χ0v) is 10.9. The number of rotatable bonds is 1. The van der Waals surface area contributed by atoms with Crippen molar-refractivity contribution in [2.75, 3.05) is 17.2 Å². The number of hydrogen-bond acceptors (Lipinski definition) is 2. The summed E-state index contributed by atoms with van der Waals surface area (Å²) in [5.41, 5.74) is 3.75. The number of benzene rings is 2. The van der Waals surface area contributed by atoms with Gasteiger partial charge in [0.15, 0.2) is 0 Å². The fraction of sp³-hybridized carbons (Fsp3) is 0.200. The van der Waals surface area contributed by atoms with Crippen LogP contribution in [0.5, 0.6) is 0 Å². The highest BCUT2D eigenvalue weighted by Crippen LogP contribution is 2.30. The first-order chi connectivity index (χ1) is 8.43. The van der Waals surface area contributed by atoms with Crippen LogP contribution in [0.1, 0.15) is 18.0 Å². The highest BCUT2D eigenvalue weighted by Gasteiger charge is 2.15. The standard InChI is InChI=1S/C15H16N2.ClH/c1-2-6-12(7-3-1)13-10-11-16-14-8-4-5-9-15(14)17-13;/h1-9,13,16-17H,10-11H2;1H. The number of hydrogen-bond donors (Lipinski definition) is 2. The lowest BCUT2D eigenvalue weighted by Gasteiger charge is -2.17. The first-order valence-corrected chi connectivity index (χ1v) is 6.08. The minimum atomic E-state index is 0. The summed E-state index contributed by atoms with van der Waals surface area (Å²) < 4.78 is 0. The molecule has 0 saturated heterocycles. The van der Waals surface area contributed by atoms with E-state index in [4.69, 9.17) is 0 Å². The van der Waals surface area contributed by atoms with Gasteiger partial charge in [-0.3, -0.25) is 0 Å².